The van der Waals surface area contributed by atoms with Gasteiger partial charge in [-0.2, -0.15) is 0 Å². The van der Waals surface area contributed by atoms with Crippen molar-refractivity contribution in [3.05, 3.63) is 48.0 Å². The maximum atomic E-state index is 5.43. The van der Waals surface area contributed by atoms with Crippen LogP contribution in [0.1, 0.15) is 18.5 Å². The molecule has 0 aromatic heterocycles. The molecule has 1 aliphatic heterocycles. The van der Waals surface area contributed by atoms with Crippen LogP contribution in [0.4, 0.5) is 0 Å². The maximum Gasteiger partial charge on any atom is 0.0594 e. The van der Waals surface area contributed by atoms with Crippen molar-refractivity contribution < 1.29 is 4.74 Å². The minimum Gasteiger partial charge on any atom is -0.379 e. The lowest BCUT2D eigenvalue weighted by atomic mass is 9.98. The van der Waals surface area contributed by atoms with Crippen LogP contribution in [0.3, 0.4) is 0 Å². The Morgan fingerprint density at radius 3 is 2.56 bits per heavy atom. The second-order valence-electron chi connectivity index (χ2n) is 4.89. The summed E-state index contributed by atoms with van der Waals surface area (Å²) >= 11 is 0. The molecule has 0 N–H and O–H groups in total. The van der Waals surface area contributed by atoms with Crippen molar-refractivity contribution in [2.75, 3.05) is 26.3 Å². The topological polar surface area (TPSA) is 12.5 Å². The van der Waals surface area contributed by atoms with Crippen molar-refractivity contribution in [2.45, 2.75) is 13.0 Å². The van der Waals surface area contributed by atoms with Gasteiger partial charge in [0.15, 0.2) is 0 Å². The molecule has 0 bridgehead atoms. The zero-order valence-corrected chi connectivity index (χ0v) is 10.8. The highest BCUT2D eigenvalue weighted by molar-refractivity contribution is 5.86. The number of ether oxygens (including phenoxy) is 1. The molecule has 3 rings (SSSR count). The molecule has 1 unspecified atom stereocenters. The quantitative estimate of drug-likeness (QED) is 0.800. The average molecular weight is 241 g/mol. The Balaban J connectivity index is 1.97. The Hall–Kier alpha value is -1.38. The molecular weight excluding hydrogens is 222 g/mol. The van der Waals surface area contributed by atoms with Crippen molar-refractivity contribution in [2.24, 2.45) is 0 Å². The van der Waals surface area contributed by atoms with Crippen LogP contribution in [-0.4, -0.2) is 31.2 Å². The lowest BCUT2D eigenvalue weighted by molar-refractivity contribution is 0.0201. The average Bonchev–Trinajstić information content (AvgIpc) is 2.47. The smallest absolute Gasteiger partial charge is 0.0594 e. The predicted molar refractivity (Wildman–Crippen MR) is 74.8 cm³/mol. The van der Waals surface area contributed by atoms with Crippen molar-refractivity contribution >= 4 is 10.8 Å². The van der Waals surface area contributed by atoms with Gasteiger partial charge in [-0.05, 0) is 23.3 Å². The van der Waals surface area contributed by atoms with Crippen LogP contribution in [0, 0.1) is 0 Å². The summed E-state index contributed by atoms with van der Waals surface area (Å²) < 4.78 is 5.43. The fourth-order valence-electron chi connectivity index (χ4n) is 2.78. The first-order valence-corrected chi connectivity index (χ1v) is 6.66. The molecule has 1 fully saturated rings. The summed E-state index contributed by atoms with van der Waals surface area (Å²) in [6.07, 6.45) is 0. The Labute approximate surface area is 108 Å². The molecule has 0 radical (unpaired) electrons. The summed E-state index contributed by atoms with van der Waals surface area (Å²) in [4.78, 5) is 2.51. The van der Waals surface area contributed by atoms with Crippen LogP contribution in [0.2, 0.25) is 0 Å². The highest BCUT2D eigenvalue weighted by atomic mass is 16.5. The number of benzene rings is 2. The van der Waals surface area contributed by atoms with Gasteiger partial charge in [-0.3, -0.25) is 4.90 Å². The molecule has 94 valence electrons. The molecule has 0 saturated carbocycles. The highest BCUT2D eigenvalue weighted by Crippen LogP contribution is 2.28. The molecule has 1 saturated heterocycles. The van der Waals surface area contributed by atoms with Crippen LogP contribution in [0.25, 0.3) is 10.8 Å². The van der Waals surface area contributed by atoms with Gasteiger partial charge < -0.3 is 4.74 Å². The first kappa shape index (κ1) is 11.7. The van der Waals surface area contributed by atoms with Crippen molar-refractivity contribution in [1.29, 1.82) is 0 Å². The van der Waals surface area contributed by atoms with E-state index in [0.717, 1.165) is 26.3 Å². The molecule has 0 aliphatic carbocycles. The Morgan fingerprint density at radius 2 is 1.72 bits per heavy atom. The second kappa shape index (κ2) is 5.09. The van der Waals surface area contributed by atoms with Gasteiger partial charge in [0, 0.05) is 19.1 Å². The first-order valence-electron chi connectivity index (χ1n) is 6.66. The lowest BCUT2D eigenvalue weighted by Crippen LogP contribution is -2.38. The van der Waals surface area contributed by atoms with Crippen LogP contribution >= 0.6 is 0 Å². The lowest BCUT2D eigenvalue weighted by Gasteiger charge is -2.33. The van der Waals surface area contributed by atoms with Gasteiger partial charge in [0.05, 0.1) is 13.2 Å². The Morgan fingerprint density at radius 1 is 1.00 bits per heavy atom. The molecule has 0 spiro atoms. The van der Waals surface area contributed by atoms with E-state index in [1.165, 1.54) is 16.3 Å². The summed E-state index contributed by atoms with van der Waals surface area (Å²) in [7, 11) is 0. The van der Waals surface area contributed by atoms with Crippen molar-refractivity contribution in [3.8, 4) is 0 Å². The zero-order valence-electron chi connectivity index (χ0n) is 10.8. The number of nitrogens with zero attached hydrogens (tertiary/aromatic N) is 1. The standard InChI is InChI=1S/C16H19NO/c1-13(17-9-11-18-12-10-17)15-8-4-6-14-5-2-3-7-16(14)15/h2-8,13H,9-12H2,1H3. The van der Waals surface area contributed by atoms with Crippen molar-refractivity contribution in [1.82, 2.24) is 4.90 Å². The monoisotopic (exact) mass is 241 g/mol. The van der Waals surface area contributed by atoms with Gasteiger partial charge in [0.1, 0.15) is 0 Å². The summed E-state index contributed by atoms with van der Waals surface area (Å²) in [5.41, 5.74) is 1.43. The molecule has 0 amide bonds. The van der Waals surface area contributed by atoms with E-state index in [4.69, 9.17) is 4.74 Å². The largest absolute Gasteiger partial charge is 0.379 e. The third kappa shape index (κ3) is 2.14. The number of rotatable bonds is 2. The molecule has 2 heteroatoms. The van der Waals surface area contributed by atoms with E-state index in [0.29, 0.717) is 6.04 Å². The number of hydrogen-bond donors (Lipinski definition) is 0. The van der Waals surface area contributed by atoms with Gasteiger partial charge in [0.25, 0.3) is 0 Å². The van der Waals surface area contributed by atoms with Gasteiger partial charge in [0.2, 0.25) is 0 Å². The molecule has 2 aromatic rings. The maximum absolute atomic E-state index is 5.43. The molecule has 2 aromatic carbocycles. The van der Waals surface area contributed by atoms with Gasteiger partial charge in [-0.25, -0.2) is 0 Å². The third-order valence-electron chi connectivity index (χ3n) is 3.87. The van der Waals surface area contributed by atoms with Gasteiger partial charge in [-0.15, -0.1) is 0 Å². The number of hydrogen-bond acceptors (Lipinski definition) is 2. The van der Waals surface area contributed by atoms with Crippen molar-refractivity contribution in [3.63, 3.8) is 0 Å². The summed E-state index contributed by atoms with van der Waals surface area (Å²) in [6.45, 7) is 6.08. The van der Waals surface area contributed by atoms with Crippen LogP contribution < -0.4 is 0 Å². The second-order valence-corrected chi connectivity index (χ2v) is 4.89. The van der Waals surface area contributed by atoms with E-state index in [9.17, 15) is 0 Å². The van der Waals surface area contributed by atoms with Crippen LogP contribution in [0.5, 0.6) is 0 Å². The van der Waals surface area contributed by atoms with E-state index in [-0.39, 0.29) is 0 Å². The van der Waals surface area contributed by atoms with E-state index in [1.54, 1.807) is 0 Å². The van der Waals surface area contributed by atoms with Gasteiger partial charge in [-0.1, -0.05) is 42.5 Å². The number of morpholine rings is 1. The summed E-state index contributed by atoms with van der Waals surface area (Å²) in [5.74, 6) is 0. The fraction of sp³-hybridized carbons (Fsp3) is 0.375. The van der Waals surface area contributed by atoms with E-state index in [1.807, 2.05) is 0 Å². The zero-order chi connectivity index (χ0) is 12.4. The minimum atomic E-state index is 0.458. The molecule has 1 atom stereocenters. The van der Waals surface area contributed by atoms with Gasteiger partial charge >= 0.3 is 0 Å². The predicted octanol–water partition coefficient (Wildman–Crippen LogP) is 3.23. The normalized spacial score (nSPS) is 18.9. The fourth-order valence-corrected chi connectivity index (χ4v) is 2.78. The molecule has 18 heavy (non-hydrogen) atoms. The van der Waals surface area contributed by atoms with Crippen LogP contribution in [0.15, 0.2) is 42.5 Å². The molecule has 1 heterocycles. The summed E-state index contributed by atoms with van der Waals surface area (Å²) in [5, 5.41) is 2.70. The summed E-state index contributed by atoms with van der Waals surface area (Å²) in [6, 6.07) is 15.7. The van der Waals surface area contributed by atoms with E-state index >= 15 is 0 Å². The molecule has 2 nitrogen and oxygen atoms in total. The first-order chi connectivity index (χ1) is 8.86. The third-order valence-corrected chi connectivity index (χ3v) is 3.87. The molecular formula is C16H19NO. The SMILES string of the molecule is CC(c1cccc2ccccc12)N1CCOCC1. The van der Waals surface area contributed by atoms with Crippen LogP contribution in [-0.2, 0) is 4.74 Å². The Kier molecular flexibility index (Phi) is 3.31. The van der Waals surface area contributed by atoms with E-state index in [2.05, 4.69) is 54.3 Å². The molecule has 1 aliphatic rings. The van der Waals surface area contributed by atoms with E-state index < -0.39 is 0 Å². The minimum absolute atomic E-state index is 0.458. The number of fused-ring (bicyclic) bond motifs is 1. The Bertz CT molecular complexity index is 526. The highest BCUT2D eigenvalue weighted by Gasteiger charge is 2.19.